The Balaban J connectivity index is 1.17. The molecule has 2 aromatic carbocycles. The molecule has 4 rings (SSSR count). The standard InChI is InChI=1S/C24H26N4O4/c1-25-24(27-14-18-7-9-21-22(13-18)32-17-31-21)28-16-19-8-10-23(26-15-19)30-12-11-29-20-5-3-2-4-6-20/h2-10,13,15H,11-12,14,16-17H2,1H3,(H2,25,27,28). The highest BCUT2D eigenvalue weighted by Crippen LogP contribution is 2.32. The van der Waals surface area contributed by atoms with Crippen LogP contribution in [0.1, 0.15) is 11.1 Å². The molecule has 0 bridgehead atoms. The highest BCUT2D eigenvalue weighted by atomic mass is 16.7. The van der Waals surface area contributed by atoms with Crippen molar-refractivity contribution in [1.82, 2.24) is 15.6 Å². The van der Waals surface area contributed by atoms with Crippen molar-refractivity contribution in [3.05, 3.63) is 78.0 Å². The number of rotatable bonds is 9. The van der Waals surface area contributed by atoms with E-state index in [0.29, 0.717) is 38.1 Å². The Labute approximate surface area is 187 Å². The molecule has 32 heavy (non-hydrogen) atoms. The topological polar surface area (TPSA) is 86.2 Å². The summed E-state index contributed by atoms with van der Waals surface area (Å²) in [6.07, 6.45) is 1.78. The lowest BCUT2D eigenvalue weighted by atomic mass is 10.2. The zero-order chi connectivity index (χ0) is 22.0. The Morgan fingerprint density at radius 1 is 0.906 bits per heavy atom. The van der Waals surface area contributed by atoms with Crippen LogP contribution in [0.5, 0.6) is 23.1 Å². The van der Waals surface area contributed by atoms with E-state index in [0.717, 1.165) is 28.4 Å². The number of hydrogen-bond acceptors (Lipinski definition) is 6. The second-order valence-corrected chi connectivity index (χ2v) is 6.98. The fourth-order valence-electron chi connectivity index (χ4n) is 3.07. The third-order valence-electron chi connectivity index (χ3n) is 4.72. The number of aromatic nitrogens is 1. The van der Waals surface area contributed by atoms with Crippen LogP contribution in [0.15, 0.2) is 71.9 Å². The number of nitrogens with one attached hydrogen (secondary N) is 2. The minimum Gasteiger partial charge on any atom is -0.490 e. The van der Waals surface area contributed by atoms with E-state index in [1.807, 2.05) is 60.7 Å². The summed E-state index contributed by atoms with van der Waals surface area (Å²) in [5.74, 6) is 3.63. The maximum atomic E-state index is 5.64. The summed E-state index contributed by atoms with van der Waals surface area (Å²) in [7, 11) is 1.74. The fourth-order valence-corrected chi connectivity index (χ4v) is 3.07. The average molecular weight is 434 g/mol. The molecule has 0 radical (unpaired) electrons. The Bertz CT molecular complexity index is 1030. The minimum absolute atomic E-state index is 0.273. The van der Waals surface area contributed by atoms with Crippen LogP contribution in [0.3, 0.4) is 0 Å². The maximum Gasteiger partial charge on any atom is 0.231 e. The Morgan fingerprint density at radius 2 is 1.66 bits per heavy atom. The minimum atomic E-state index is 0.273. The number of para-hydroxylation sites is 1. The van der Waals surface area contributed by atoms with Gasteiger partial charge in [-0.25, -0.2) is 4.98 Å². The van der Waals surface area contributed by atoms with E-state index in [9.17, 15) is 0 Å². The highest BCUT2D eigenvalue weighted by molar-refractivity contribution is 5.79. The molecule has 8 heteroatoms. The van der Waals surface area contributed by atoms with Gasteiger partial charge in [0.2, 0.25) is 12.7 Å². The summed E-state index contributed by atoms with van der Waals surface area (Å²) in [5, 5.41) is 6.57. The van der Waals surface area contributed by atoms with Crippen LogP contribution in [0.4, 0.5) is 0 Å². The van der Waals surface area contributed by atoms with Crippen molar-refractivity contribution in [1.29, 1.82) is 0 Å². The van der Waals surface area contributed by atoms with Gasteiger partial charge in [-0.2, -0.15) is 0 Å². The smallest absolute Gasteiger partial charge is 0.231 e. The summed E-state index contributed by atoms with van der Waals surface area (Å²) < 4.78 is 22.0. The van der Waals surface area contributed by atoms with E-state index in [-0.39, 0.29) is 6.79 Å². The van der Waals surface area contributed by atoms with Gasteiger partial charge in [0.05, 0.1) is 0 Å². The van der Waals surface area contributed by atoms with E-state index >= 15 is 0 Å². The molecule has 0 aliphatic carbocycles. The van der Waals surface area contributed by atoms with Crippen LogP contribution < -0.4 is 29.6 Å². The molecule has 2 N–H and O–H groups in total. The molecule has 2 heterocycles. The van der Waals surface area contributed by atoms with E-state index in [1.54, 1.807) is 13.2 Å². The van der Waals surface area contributed by atoms with Gasteiger partial charge in [-0.15, -0.1) is 0 Å². The van der Waals surface area contributed by atoms with Gasteiger partial charge in [0, 0.05) is 32.4 Å². The van der Waals surface area contributed by atoms with E-state index in [4.69, 9.17) is 18.9 Å². The molecular weight excluding hydrogens is 408 g/mol. The quantitative estimate of drug-likeness (QED) is 0.304. The molecule has 0 unspecified atom stereocenters. The predicted molar refractivity (Wildman–Crippen MR) is 121 cm³/mol. The molecule has 0 spiro atoms. The van der Waals surface area contributed by atoms with Crippen LogP contribution in [0, 0.1) is 0 Å². The lowest BCUT2D eigenvalue weighted by Crippen LogP contribution is -2.36. The van der Waals surface area contributed by atoms with Crippen LogP contribution in [0.2, 0.25) is 0 Å². The Morgan fingerprint density at radius 3 is 2.44 bits per heavy atom. The van der Waals surface area contributed by atoms with Gasteiger partial charge >= 0.3 is 0 Å². The molecule has 166 valence electrons. The van der Waals surface area contributed by atoms with Gasteiger partial charge in [0.15, 0.2) is 17.5 Å². The summed E-state index contributed by atoms with van der Waals surface area (Å²) in [6.45, 7) is 2.36. The monoisotopic (exact) mass is 434 g/mol. The van der Waals surface area contributed by atoms with E-state index in [1.165, 1.54) is 0 Å². The molecule has 8 nitrogen and oxygen atoms in total. The zero-order valence-electron chi connectivity index (χ0n) is 17.9. The first-order valence-electron chi connectivity index (χ1n) is 10.4. The molecule has 0 atom stereocenters. The third kappa shape index (κ3) is 6.04. The number of pyridine rings is 1. The van der Waals surface area contributed by atoms with E-state index in [2.05, 4.69) is 20.6 Å². The van der Waals surface area contributed by atoms with Crippen LogP contribution >= 0.6 is 0 Å². The summed E-state index contributed by atoms with van der Waals surface area (Å²) >= 11 is 0. The van der Waals surface area contributed by atoms with Gasteiger partial charge in [-0.3, -0.25) is 4.99 Å². The first-order valence-corrected chi connectivity index (χ1v) is 10.4. The first kappa shape index (κ1) is 21.3. The summed E-state index contributed by atoms with van der Waals surface area (Å²) in [6, 6.07) is 19.4. The van der Waals surface area contributed by atoms with Gasteiger partial charge in [-0.1, -0.05) is 30.3 Å². The van der Waals surface area contributed by atoms with E-state index < -0.39 is 0 Å². The van der Waals surface area contributed by atoms with Crippen LogP contribution in [0.25, 0.3) is 0 Å². The number of fused-ring (bicyclic) bond motifs is 1. The molecule has 1 aliphatic heterocycles. The molecule has 1 aliphatic rings. The second-order valence-electron chi connectivity index (χ2n) is 6.98. The third-order valence-corrected chi connectivity index (χ3v) is 4.72. The van der Waals surface area contributed by atoms with Crippen LogP contribution in [-0.2, 0) is 13.1 Å². The van der Waals surface area contributed by atoms with Gasteiger partial charge in [0.1, 0.15) is 19.0 Å². The number of guanidine groups is 1. The van der Waals surface area contributed by atoms with Crippen LogP contribution in [-0.4, -0.2) is 38.0 Å². The number of benzene rings is 2. The highest BCUT2D eigenvalue weighted by Gasteiger charge is 2.13. The van der Waals surface area contributed by atoms with Gasteiger partial charge in [-0.05, 0) is 35.4 Å². The van der Waals surface area contributed by atoms with Crippen molar-refractivity contribution in [2.45, 2.75) is 13.1 Å². The fraction of sp³-hybridized carbons (Fsp3) is 0.250. The maximum absolute atomic E-state index is 5.64. The van der Waals surface area contributed by atoms with Crippen molar-refractivity contribution < 1.29 is 18.9 Å². The van der Waals surface area contributed by atoms with Crippen molar-refractivity contribution in [2.24, 2.45) is 4.99 Å². The normalized spacial score (nSPS) is 12.3. The zero-order valence-corrected chi connectivity index (χ0v) is 17.9. The number of ether oxygens (including phenoxy) is 4. The predicted octanol–water partition coefficient (Wildman–Crippen LogP) is 3.13. The Kier molecular flexibility index (Phi) is 7.25. The lowest BCUT2D eigenvalue weighted by Gasteiger charge is -2.12. The first-order chi connectivity index (χ1) is 15.8. The largest absolute Gasteiger partial charge is 0.490 e. The molecule has 1 aromatic heterocycles. The number of nitrogens with zero attached hydrogens (tertiary/aromatic N) is 2. The van der Waals surface area contributed by atoms with Crippen molar-refractivity contribution in [2.75, 3.05) is 27.1 Å². The molecule has 0 amide bonds. The van der Waals surface area contributed by atoms with Gasteiger partial charge in [0.25, 0.3) is 0 Å². The number of aliphatic imine (C=N–C) groups is 1. The van der Waals surface area contributed by atoms with Gasteiger partial charge < -0.3 is 29.6 Å². The summed E-state index contributed by atoms with van der Waals surface area (Å²) in [5.41, 5.74) is 2.10. The molecule has 0 saturated heterocycles. The second kappa shape index (κ2) is 10.9. The molecule has 3 aromatic rings. The Hall–Kier alpha value is -3.94. The van der Waals surface area contributed by atoms with Crippen molar-refractivity contribution >= 4 is 5.96 Å². The average Bonchev–Trinajstić information content (AvgIpc) is 3.31. The SMILES string of the molecule is CN=C(NCc1ccc(OCCOc2ccccc2)nc1)NCc1ccc2c(c1)OCO2. The molecule has 0 fully saturated rings. The number of hydrogen-bond donors (Lipinski definition) is 2. The lowest BCUT2D eigenvalue weighted by molar-refractivity contribution is 0.174. The van der Waals surface area contributed by atoms with Crippen molar-refractivity contribution in [3.8, 4) is 23.1 Å². The summed E-state index contributed by atoms with van der Waals surface area (Å²) in [4.78, 5) is 8.61. The molecule has 0 saturated carbocycles. The molecular formula is C24H26N4O4. The van der Waals surface area contributed by atoms with Crippen molar-refractivity contribution in [3.63, 3.8) is 0 Å².